The molecule has 0 bridgehead atoms. The normalized spacial score (nSPS) is 22.9. The second-order valence-corrected chi connectivity index (χ2v) is 5.19. The first kappa shape index (κ1) is 12.0. The lowest BCUT2D eigenvalue weighted by Gasteiger charge is -2.23. The Morgan fingerprint density at radius 2 is 2.06 bits per heavy atom. The fourth-order valence-electron chi connectivity index (χ4n) is 2.81. The van der Waals surface area contributed by atoms with Crippen molar-refractivity contribution in [2.24, 2.45) is 5.92 Å². The van der Waals surface area contributed by atoms with Crippen LogP contribution in [0.5, 0.6) is 0 Å². The number of hydrogen-bond donors (Lipinski definition) is 1. The highest BCUT2D eigenvalue weighted by atomic mass is 16.4. The molecule has 92 valence electrons. The van der Waals surface area contributed by atoms with Gasteiger partial charge in [0.2, 0.25) is 0 Å². The third-order valence-electron chi connectivity index (χ3n) is 3.49. The van der Waals surface area contributed by atoms with Crippen molar-refractivity contribution in [3.05, 3.63) is 29.8 Å². The van der Waals surface area contributed by atoms with Gasteiger partial charge in [-0.05, 0) is 24.0 Å². The number of likely N-dealkylation sites (N-methyl/N-ethyl adjacent to an activating group) is 1. The van der Waals surface area contributed by atoms with Crippen molar-refractivity contribution in [2.75, 3.05) is 11.9 Å². The number of carbonyl (C=O) groups is 1. The molecule has 0 radical (unpaired) electrons. The molecule has 2 rings (SSSR count). The van der Waals surface area contributed by atoms with Crippen LogP contribution in [0.25, 0.3) is 0 Å². The number of fused-ring (bicyclic) bond motifs is 1. The lowest BCUT2D eigenvalue weighted by atomic mass is 9.87. The standard InChI is InChI=1S/C14H19NO2/c1-9(2)8-11-10-6-4-5-7-12(10)15(3)13(11)14(16)17/h4-7,9,11,13H,8H2,1-3H3,(H,16,17). The molecule has 0 saturated carbocycles. The Hall–Kier alpha value is -1.51. The van der Waals surface area contributed by atoms with Gasteiger partial charge < -0.3 is 10.0 Å². The molecular formula is C14H19NO2. The van der Waals surface area contributed by atoms with Gasteiger partial charge >= 0.3 is 5.97 Å². The molecule has 1 heterocycles. The van der Waals surface area contributed by atoms with Gasteiger partial charge in [0.1, 0.15) is 6.04 Å². The van der Waals surface area contributed by atoms with E-state index in [9.17, 15) is 9.90 Å². The zero-order chi connectivity index (χ0) is 12.6. The summed E-state index contributed by atoms with van der Waals surface area (Å²) in [6.07, 6.45) is 0.915. The van der Waals surface area contributed by atoms with Gasteiger partial charge in [-0.15, -0.1) is 0 Å². The SMILES string of the molecule is CC(C)CC1c2ccccc2N(C)C1C(=O)O. The third-order valence-corrected chi connectivity index (χ3v) is 3.49. The van der Waals surface area contributed by atoms with E-state index in [1.807, 2.05) is 30.1 Å². The van der Waals surface area contributed by atoms with Crippen LogP contribution in [-0.4, -0.2) is 24.2 Å². The van der Waals surface area contributed by atoms with Gasteiger partial charge in [-0.2, -0.15) is 0 Å². The molecule has 1 aromatic carbocycles. The Balaban J connectivity index is 2.41. The molecule has 0 aromatic heterocycles. The lowest BCUT2D eigenvalue weighted by Crippen LogP contribution is -2.38. The summed E-state index contributed by atoms with van der Waals surface area (Å²) in [5, 5.41) is 9.40. The van der Waals surface area contributed by atoms with Crippen molar-refractivity contribution in [2.45, 2.75) is 32.2 Å². The molecule has 0 aliphatic carbocycles. The molecule has 1 N–H and O–H groups in total. The summed E-state index contributed by atoms with van der Waals surface area (Å²) >= 11 is 0. The Morgan fingerprint density at radius 1 is 1.41 bits per heavy atom. The van der Waals surface area contributed by atoms with Crippen molar-refractivity contribution in [1.82, 2.24) is 0 Å². The summed E-state index contributed by atoms with van der Waals surface area (Å²) in [4.78, 5) is 13.3. The minimum absolute atomic E-state index is 0.105. The highest BCUT2D eigenvalue weighted by Crippen LogP contribution is 2.43. The van der Waals surface area contributed by atoms with Crippen LogP contribution in [0.1, 0.15) is 31.7 Å². The van der Waals surface area contributed by atoms with E-state index in [0.29, 0.717) is 5.92 Å². The van der Waals surface area contributed by atoms with Gasteiger partial charge in [-0.25, -0.2) is 4.79 Å². The Labute approximate surface area is 102 Å². The number of benzene rings is 1. The second-order valence-electron chi connectivity index (χ2n) is 5.19. The average molecular weight is 233 g/mol. The van der Waals surface area contributed by atoms with Crippen molar-refractivity contribution in [3.8, 4) is 0 Å². The van der Waals surface area contributed by atoms with Gasteiger partial charge in [0.15, 0.2) is 0 Å². The molecule has 1 aliphatic rings. The number of carboxylic acid groups (broad SMARTS) is 1. The minimum atomic E-state index is -0.727. The molecule has 2 unspecified atom stereocenters. The maximum absolute atomic E-state index is 11.4. The van der Waals surface area contributed by atoms with Gasteiger partial charge in [0.05, 0.1) is 0 Å². The van der Waals surface area contributed by atoms with E-state index in [4.69, 9.17) is 0 Å². The monoisotopic (exact) mass is 233 g/mol. The molecule has 1 aliphatic heterocycles. The van der Waals surface area contributed by atoms with Crippen LogP contribution < -0.4 is 4.90 Å². The quantitative estimate of drug-likeness (QED) is 0.872. The number of hydrogen-bond acceptors (Lipinski definition) is 2. The van der Waals surface area contributed by atoms with Crippen LogP contribution in [0.4, 0.5) is 5.69 Å². The van der Waals surface area contributed by atoms with E-state index in [1.54, 1.807) is 0 Å². The Morgan fingerprint density at radius 3 is 2.65 bits per heavy atom. The molecule has 0 spiro atoms. The maximum Gasteiger partial charge on any atom is 0.326 e. The van der Waals surface area contributed by atoms with Crippen LogP contribution >= 0.6 is 0 Å². The predicted molar refractivity (Wildman–Crippen MR) is 68.5 cm³/mol. The van der Waals surface area contributed by atoms with Crippen LogP contribution in [-0.2, 0) is 4.79 Å². The highest BCUT2D eigenvalue weighted by molar-refractivity contribution is 5.83. The summed E-state index contributed by atoms with van der Waals surface area (Å²) in [5.74, 6) is -0.121. The zero-order valence-electron chi connectivity index (χ0n) is 10.6. The molecule has 3 heteroatoms. The first-order chi connectivity index (χ1) is 8.02. The van der Waals surface area contributed by atoms with E-state index >= 15 is 0 Å². The van der Waals surface area contributed by atoms with Crippen molar-refractivity contribution >= 4 is 11.7 Å². The molecule has 17 heavy (non-hydrogen) atoms. The first-order valence-electron chi connectivity index (χ1n) is 6.07. The van der Waals surface area contributed by atoms with Gasteiger partial charge in [-0.3, -0.25) is 0 Å². The summed E-state index contributed by atoms with van der Waals surface area (Å²) in [5.41, 5.74) is 2.24. The number of carboxylic acids is 1. The lowest BCUT2D eigenvalue weighted by molar-refractivity contribution is -0.139. The predicted octanol–water partition coefficient (Wildman–Crippen LogP) is 2.72. The van der Waals surface area contributed by atoms with E-state index in [2.05, 4.69) is 19.9 Å². The van der Waals surface area contributed by atoms with E-state index in [1.165, 1.54) is 5.56 Å². The Kier molecular flexibility index (Phi) is 3.09. The van der Waals surface area contributed by atoms with E-state index < -0.39 is 12.0 Å². The van der Waals surface area contributed by atoms with Crippen molar-refractivity contribution in [1.29, 1.82) is 0 Å². The summed E-state index contributed by atoms with van der Waals surface area (Å²) in [7, 11) is 1.87. The first-order valence-corrected chi connectivity index (χ1v) is 6.07. The average Bonchev–Trinajstić information content (AvgIpc) is 2.52. The number of aliphatic carboxylic acids is 1. The summed E-state index contributed by atoms with van der Waals surface area (Å²) in [6, 6.07) is 7.60. The number of nitrogens with zero attached hydrogens (tertiary/aromatic N) is 1. The zero-order valence-corrected chi connectivity index (χ0v) is 10.6. The summed E-state index contributed by atoms with van der Waals surface area (Å²) < 4.78 is 0. The minimum Gasteiger partial charge on any atom is -0.480 e. The number of anilines is 1. The van der Waals surface area contributed by atoms with E-state index in [-0.39, 0.29) is 5.92 Å². The molecular weight excluding hydrogens is 214 g/mol. The van der Waals surface area contributed by atoms with Gasteiger partial charge in [0.25, 0.3) is 0 Å². The van der Waals surface area contributed by atoms with Gasteiger partial charge in [-0.1, -0.05) is 32.0 Å². The van der Waals surface area contributed by atoms with Crippen LogP contribution in [0, 0.1) is 5.92 Å². The Bertz CT molecular complexity index is 428. The largest absolute Gasteiger partial charge is 0.480 e. The van der Waals surface area contributed by atoms with Gasteiger partial charge in [0, 0.05) is 18.7 Å². The fourth-order valence-corrected chi connectivity index (χ4v) is 2.81. The second kappa shape index (κ2) is 4.40. The van der Waals surface area contributed by atoms with Crippen molar-refractivity contribution < 1.29 is 9.90 Å². The number of rotatable bonds is 3. The molecule has 0 amide bonds. The van der Waals surface area contributed by atoms with E-state index in [0.717, 1.165) is 12.1 Å². The maximum atomic E-state index is 11.4. The summed E-state index contributed by atoms with van der Waals surface area (Å²) in [6.45, 7) is 4.28. The molecule has 0 fully saturated rings. The topological polar surface area (TPSA) is 40.5 Å². The molecule has 0 saturated heterocycles. The smallest absolute Gasteiger partial charge is 0.326 e. The van der Waals surface area contributed by atoms with Crippen LogP contribution in [0.2, 0.25) is 0 Å². The fraction of sp³-hybridized carbons (Fsp3) is 0.500. The van der Waals surface area contributed by atoms with Crippen LogP contribution in [0.3, 0.4) is 0 Å². The van der Waals surface area contributed by atoms with Crippen molar-refractivity contribution in [3.63, 3.8) is 0 Å². The molecule has 2 atom stereocenters. The third kappa shape index (κ3) is 2.02. The van der Waals surface area contributed by atoms with Crippen LogP contribution in [0.15, 0.2) is 24.3 Å². The molecule has 1 aromatic rings. The molecule has 3 nitrogen and oxygen atoms in total. The highest BCUT2D eigenvalue weighted by Gasteiger charge is 2.40. The number of para-hydroxylation sites is 1.